The van der Waals surface area contributed by atoms with Gasteiger partial charge in [0.1, 0.15) is 5.75 Å². The SMILES string of the molecule is CCOc1ccc(C(C)NC(=O)CCCN=C(N)Nc2cccc(C)c2)cc1.I. The minimum absolute atomic E-state index is 0. The standard InChI is InChI=1S/C22H30N4O2.HI/c1-4-28-20-12-10-18(11-13-20)17(3)25-21(27)9-6-14-24-22(23)26-19-8-5-7-16(2)15-19;/h5,7-8,10-13,15,17H,4,6,9,14H2,1-3H3,(H,25,27)(H3,23,24,26);1H. The second-order valence-electron chi connectivity index (χ2n) is 6.66. The van der Waals surface area contributed by atoms with Crippen molar-refractivity contribution in [2.45, 2.75) is 39.7 Å². The third kappa shape index (κ3) is 9.17. The number of aryl methyl sites for hydroxylation is 1. The van der Waals surface area contributed by atoms with Crippen LogP contribution < -0.4 is 21.1 Å². The second kappa shape index (κ2) is 13.0. The van der Waals surface area contributed by atoms with E-state index < -0.39 is 0 Å². The van der Waals surface area contributed by atoms with Crippen molar-refractivity contribution < 1.29 is 9.53 Å². The normalized spacial score (nSPS) is 11.9. The van der Waals surface area contributed by atoms with Gasteiger partial charge in [-0.3, -0.25) is 9.79 Å². The number of nitrogens with two attached hydrogens (primary N) is 1. The maximum atomic E-state index is 12.1. The Morgan fingerprint density at radius 2 is 1.93 bits per heavy atom. The van der Waals surface area contributed by atoms with Crippen molar-refractivity contribution in [3.05, 3.63) is 59.7 Å². The topological polar surface area (TPSA) is 88.7 Å². The predicted octanol–water partition coefficient (Wildman–Crippen LogP) is 4.40. The van der Waals surface area contributed by atoms with Gasteiger partial charge in [-0.1, -0.05) is 24.3 Å². The van der Waals surface area contributed by atoms with Crippen LogP contribution in [0.2, 0.25) is 0 Å². The first-order chi connectivity index (χ1) is 13.5. The highest BCUT2D eigenvalue weighted by atomic mass is 127. The molecule has 0 heterocycles. The van der Waals surface area contributed by atoms with Crippen LogP contribution in [0.15, 0.2) is 53.5 Å². The number of hydrogen-bond donors (Lipinski definition) is 3. The molecule has 0 spiro atoms. The van der Waals surface area contributed by atoms with Crippen molar-refractivity contribution in [2.24, 2.45) is 10.7 Å². The summed E-state index contributed by atoms with van der Waals surface area (Å²) < 4.78 is 5.43. The van der Waals surface area contributed by atoms with E-state index in [2.05, 4.69) is 15.6 Å². The molecule has 0 aliphatic carbocycles. The quantitative estimate of drug-likeness (QED) is 0.202. The fourth-order valence-corrected chi connectivity index (χ4v) is 2.77. The van der Waals surface area contributed by atoms with Crippen molar-refractivity contribution in [1.29, 1.82) is 0 Å². The van der Waals surface area contributed by atoms with Gasteiger partial charge in [0.2, 0.25) is 5.91 Å². The van der Waals surface area contributed by atoms with Gasteiger partial charge in [-0.15, -0.1) is 24.0 Å². The molecule has 0 saturated carbocycles. The van der Waals surface area contributed by atoms with Gasteiger partial charge in [-0.2, -0.15) is 0 Å². The zero-order chi connectivity index (χ0) is 20.4. The number of rotatable bonds is 9. The van der Waals surface area contributed by atoms with Crippen molar-refractivity contribution >= 4 is 41.5 Å². The number of ether oxygens (including phenoxy) is 1. The molecule has 158 valence electrons. The van der Waals surface area contributed by atoms with Crippen molar-refractivity contribution in [1.82, 2.24) is 5.32 Å². The van der Waals surface area contributed by atoms with Crippen molar-refractivity contribution in [3.63, 3.8) is 0 Å². The van der Waals surface area contributed by atoms with E-state index in [4.69, 9.17) is 10.5 Å². The molecule has 1 amide bonds. The summed E-state index contributed by atoms with van der Waals surface area (Å²) in [5, 5.41) is 6.06. The molecule has 0 aliphatic rings. The van der Waals surface area contributed by atoms with Gasteiger partial charge in [0.25, 0.3) is 0 Å². The van der Waals surface area contributed by atoms with E-state index in [-0.39, 0.29) is 35.9 Å². The highest BCUT2D eigenvalue weighted by Gasteiger charge is 2.09. The number of nitrogens with one attached hydrogen (secondary N) is 2. The minimum atomic E-state index is -0.0558. The van der Waals surface area contributed by atoms with Gasteiger partial charge < -0.3 is 21.1 Å². The predicted molar refractivity (Wildman–Crippen MR) is 130 cm³/mol. The van der Waals surface area contributed by atoms with Crippen LogP contribution in [0.5, 0.6) is 5.75 Å². The maximum absolute atomic E-state index is 12.1. The monoisotopic (exact) mass is 510 g/mol. The molecule has 6 nitrogen and oxygen atoms in total. The van der Waals surface area contributed by atoms with E-state index in [0.29, 0.717) is 32.0 Å². The molecule has 2 rings (SSSR count). The van der Waals surface area contributed by atoms with Crippen LogP contribution in [0.1, 0.15) is 43.9 Å². The Kier molecular flexibility index (Phi) is 11.1. The molecule has 2 aromatic carbocycles. The van der Waals surface area contributed by atoms with E-state index in [1.54, 1.807) is 0 Å². The van der Waals surface area contributed by atoms with Crippen LogP contribution in [0.4, 0.5) is 5.69 Å². The highest BCUT2D eigenvalue weighted by molar-refractivity contribution is 14.0. The molecule has 1 unspecified atom stereocenters. The van der Waals surface area contributed by atoms with Crippen molar-refractivity contribution in [3.8, 4) is 5.75 Å². The number of halogens is 1. The molecule has 4 N–H and O–H groups in total. The molecule has 2 aromatic rings. The Morgan fingerprint density at radius 1 is 1.21 bits per heavy atom. The van der Waals surface area contributed by atoms with E-state index in [9.17, 15) is 4.79 Å². The van der Waals surface area contributed by atoms with Crippen LogP contribution >= 0.6 is 24.0 Å². The Morgan fingerprint density at radius 3 is 2.59 bits per heavy atom. The molecule has 0 saturated heterocycles. The van der Waals surface area contributed by atoms with Crippen LogP contribution in [-0.2, 0) is 4.79 Å². The molecule has 0 aliphatic heterocycles. The fourth-order valence-electron chi connectivity index (χ4n) is 2.77. The highest BCUT2D eigenvalue weighted by Crippen LogP contribution is 2.17. The number of carbonyl (C=O) groups is 1. The summed E-state index contributed by atoms with van der Waals surface area (Å²) in [7, 11) is 0. The number of carbonyl (C=O) groups excluding carboxylic acids is 1. The number of amides is 1. The lowest BCUT2D eigenvalue weighted by Crippen LogP contribution is -2.26. The van der Waals surface area contributed by atoms with E-state index in [0.717, 1.165) is 22.6 Å². The van der Waals surface area contributed by atoms with E-state index >= 15 is 0 Å². The number of guanidine groups is 1. The number of anilines is 1. The summed E-state index contributed by atoms with van der Waals surface area (Å²) in [6.07, 6.45) is 1.04. The Labute approximate surface area is 190 Å². The van der Waals surface area contributed by atoms with E-state index in [1.165, 1.54) is 0 Å². The van der Waals surface area contributed by atoms with Gasteiger partial charge in [0, 0.05) is 18.7 Å². The number of aliphatic imine (C=N–C) groups is 1. The van der Waals surface area contributed by atoms with Gasteiger partial charge in [0.15, 0.2) is 5.96 Å². The third-order valence-electron chi connectivity index (χ3n) is 4.20. The Hall–Kier alpha value is -2.29. The first-order valence-corrected chi connectivity index (χ1v) is 9.63. The minimum Gasteiger partial charge on any atom is -0.494 e. The Bertz CT molecular complexity index is 794. The smallest absolute Gasteiger partial charge is 0.220 e. The lowest BCUT2D eigenvalue weighted by Gasteiger charge is -2.15. The van der Waals surface area contributed by atoms with Crippen LogP contribution in [0.25, 0.3) is 0 Å². The van der Waals surface area contributed by atoms with Crippen molar-refractivity contribution in [2.75, 3.05) is 18.5 Å². The molecule has 29 heavy (non-hydrogen) atoms. The average Bonchev–Trinajstić information content (AvgIpc) is 2.66. The third-order valence-corrected chi connectivity index (χ3v) is 4.20. The van der Waals surface area contributed by atoms with E-state index in [1.807, 2.05) is 69.3 Å². The second-order valence-corrected chi connectivity index (χ2v) is 6.66. The number of benzene rings is 2. The Balaban J connectivity index is 0.00000420. The summed E-state index contributed by atoms with van der Waals surface area (Å²) in [4.78, 5) is 16.4. The number of nitrogens with zero attached hydrogens (tertiary/aromatic N) is 1. The molecule has 0 bridgehead atoms. The van der Waals surface area contributed by atoms with Gasteiger partial charge in [-0.05, 0) is 62.6 Å². The zero-order valence-electron chi connectivity index (χ0n) is 17.3. The molecule has 0 aromatic heterocycles. The lowest BCUT2D eigenvalue weighted by atomic mass is 10.1. The van der Waals surface area contributed by atoms with Gasteiger partial charge in [-0.25, -0.2) is 0 Å². The molecular weight excluding hydrogens is 479 g/mol. The van der Waals surface area contributed by atoms with Gasteiger partial charge >= 0.3 is 0 Å². The summed E-state index contributed by atoms with van der Waals surface area (Å²) in [5.41, 5.74) is 8.99. The summed E-state index contributed by atoms with van der Waals surface area (Å²) in [6, 6.07) is 15.6. The number of hydrogen-bond acceptors (Lipinski definition) is 3. The molecule has 1 atom stereocenters. The summed E-state index contributed by atoms with van der Waals surface area (Å²) in [6.45, 7) is 7.07. The molecule has 7 heteroatoms. The van der Waals surface area contributed by atoms with Crippen LogP contribution in [0.3, 0.4) is 0 Å². The summed E-state index contributed by atoms with van der Waals surface area (Å²) in [5.74, 6) is 1.19. The van der Waals surface area contributed by atoms with Crippen LogP contribution in [0, 0.1) is 6.92 Å². The lowest BCUT2D eigenvalue weighted by molar-refractivity contribution is -0.121. The average molecular weight is 510 g/mol. The fraction of sp³-hybridized carbons (Fsp3) is 0.364. The van der Waals surface area contributed by atoms with Crippen LogP contribution in [-0.4, -0.2) is 25.0 Å². The first-order valence-electron chi connectivity index (χ1n) is 9.63. The maximum Gasteiger partial charge on any atom is 0.220 e. The molecule has 0 radical (unpaired) electrons. The molecular formula is C22H31IN4O2. The zero-order valence-corrected chi connectivity index (χ0v) is 19.6. The largest absolute Gasteiger partial charge is 0.494 e. The first kappa shape index (κ1) is 24.7. The molecule has 0 fully saturated rings. The summed E-state index contributed by atoms with van der Waals surface area (Å²) >= 11 is 0. The van der Waals surface area contributed by atoms with Gasteiger partial charge in [0.05, 0.1) is 12.6 Å².